The highest BCUT2D eigenvalue weighted by molar-refractivity contribution is 6.03. The van der Waals surface area contributed by atoms with Gasteiger partial charge in [-0.2, -0.15) is 0 Å². The molecule has 0 atom stereocenters. The third kappa shape index (κ3) is 3.64. The standard InChI is InChI=1S/C14H17NO4/c1-4-5-15(3)13(17)11-6-10(9(2)16)7-12(8-11)14(18)19/h6-8H,4-5H2,1-3H3,(H,18,19). The number of hydrogen-bond donors (Lipinski definition) is 1. The van der Waals surface area contributed by atoms with E-state index >= 15 is 0 Å². The van der Waals surface area contributed by atoms with Gasteiger partial charge in [-0.25, -0.2) is 4.79 Å². The van der Waals surface area contributed by atoms with Crippen LogP contribution in [0, 0.1) is 0 Å². The van der Waals surface area contributed by atoms with Crippen LogP contribution in [-0.2, 0) is 0 Å². The molecule has 5 heteroatoms. The third-order valence-corrected chi connectivity index (χ3v) is 2.74. The number of carbonyl (C=O) groups is 3. The van der Waals surface area contributed by atoms with E-state index in [1.165, 1.54) is 30.0 Å². The molecular formula is C14H17NO4. The summed E-state index contributed by atoms with van der Waals surface area (Å²) in [5, 5.41) is 9.00. The van der Waals surface area contributed by atoms with Gasteiger partial charge in [-0.1, -0.05) is 6.92 Å². The summed E-state index contributed by atoms with van der Waals surface area (Å²) in [6, 6.07) is 4.01. The highest BCUT2D eigenvalue weighted by atomic mass is 16.4. The van der Waals surface area contributed by atoms with Gasteiger partial charge in [0.1, 0.15) is 0 Å². The van der Waals surface area contributed by atoms with Gasteiger partial charge < -0.3 is 10.0 Å². The average Bonchev–Trinajstić information content (AvgIpc) is 2.37. The molecule has 102 valence electrons. The van der Waals surface area contributed by atoms with E-state index in [2.05, 4.69) is 0 Å². The second-order valence-electron chi connectivity index (χ2n) is 4.39. The van der Waals surface area contributed by atoms with Crippen LogP contribution in [-0.4, -0.2) is 41.3 Å². The zero-order chi connectivity index (χ0) is 14.6. The summed E-state index contributed by atoms with van der Waals surface area (Å²) < 4.78 is 0. The highest BCUT2D eigenvalue weighted by Crippen LogP contribution is 2.13. The largest absolute Gasteiger partial charge is 0.478 e. The van der Waals surface area contributed by atoms with E-state index in [1.54, 1.807) is 7.05 Å². The Morgan fingerprint density at radius 1 is 1.11 bits per heavy atom. The van der Waals surface area contributed by atoms with Crippen LogP contribution >= 0.6 is 0 Å². The molecule has 0 aliphatic carbocycles. The van der Waals surface area contributed by atoms with Gasteiger partial charge in [-0.3, -0.25) is 9.59 Å². The zero-order valence-corrected chi connectivity index (χ0v) is 11.3. The number of nitrogens with zero attached hydrogens (tertiary/aromatic N) is 1. The van der Waals surface area contributed by atoms with Crippen molar-refractivity contribution in [2.45, 2.75) is 20.3 Å². The molecule has 5 nitrogen and oxygen atoms in total. The first-order valence-electron chi connectivity index (χ1n) is 6.01. The molecule has 0 bridgehead atoms. The lowest BCUT2D eigenvalue weighted by Gasteiger charge is -2.16. The van der Waals surface area contributed by atoms with Crippen LogP contribution in [0.4, 0.5) is 0 Å². The molecule has 0 unspecified atom stereocenters. The molecular weight excluding hydrogens is 246 g/mol. The molecule has 1 N–H and O–H groups in total. The van der Waals surface area contributed by atoms with Crippen LogP contribution in [0.5, 0.6) is 0 Å². The number of carbonyl (C=O) groups excluding carboxylic acids is 2. The molecule has 0 heterocycles. The van der Waals surface area contributed by atoms with Crippen LogP contribution < -0.4 is 0 Å². The van der Waals surface area contributed by atoms with Crippen molar-refractivity contribution in [2.75, 3.05) is 13.6 Å². The number of aromatic carboxylic acids is 1. The molecule has 19 heavy (non-hydrogen) atoms. The number of ketones is 1. The van der Waals surface area contributed by atoms with E-state index in [1.807, 2.05) is 6.92 Å². The molecule has 0 aromatic heterocycles. The molecule has 1 aromatic carbocycles. The number of benzene rings is 1. The monoisotopic (exact) mass is 263 g/mol. The summed E-state index contributed by atoms with van der Waals surface area (Å²) in [6.07, 6.45) is 0.806. The van der Waals surface area contributed by atoms with E-state index in [4.69, 9.17) is 5.11 Å². The van der Waals surface area contributed by atoms with E-state index < -0.39 is 5.97 Å². The second kappa shape index (κ2) is 6.13. The Bertz CT molecular complexity index is 490. The lowest BCUT2D eigenvalue weighted by molar-refractivity contribution is 0.0697. The fraction of sp³-hybridized carbons (Fsp3) is 0.357. The second-order valence-corrected chi connectivity index (χ2v) is 4.39. The molecule has 0 fully saturated rings. The first kappa shape index (κ1) is 14.9. The van der Waals surface area contributed by atoms with E-state index in [9.17, 15) is 14.4 Å². The van der Waals surface area contributed by atoms with Gasteiger partial charge >= 0.3 is 5.97 Å². The molecule has 0 radical (unpaired) electrons. The van der Waals surface area contributed by atoms with Crippen molar-refractivity contribution in [1.82, 2.24) is 4.90 Å². The van der Waals surface area contributed by atoms with E-state index in [-0.39, 0.29) is 28.4 Å². The Morgan fingerprint density at radius 3 is 2.11 bits per heavy atom. The van der Waals surface area contributed by atoms with Gasteiger partial charge in [0.15, 0.2) is 5.78 Å². The fourth-order valence-corrected chi connectivity index (χ4v) is 1.74. The summed E-state index contributed by atoms with van der Waals surface area (Å²) in [4.78, 5) is 36.0. The van der Waals surface area contributed by atoms with Gasteiger partial charge in [0, 0.05) is 24.7 Å². The molecule has 1 amide bonds. The first-order chi connectivity index (χ1) is 8.86. The molecule has 0 aliphatic rings. The van der Waals surface area contributed by atoms with Crippen molar-refractivity contribution in [2.24, 2.45) is 0 Å². The minimum Gasteiger partial charge on any atom is -0.478 e. The first-order valence-corrected chi connectivity index (χ1v) is 6.01. The Labute approximate surface area is 111 Å². The molecule has 1 aromatic rings. The minimum atomic E-state index is -1.16. The lowest BCUT2D eigenvalue weighted by Crippen LogP contribution is -2.27. The van der Waals surface area contributed by atoms with Gasteiger partial charge in [0.25, 0.3) is 5.91 Å². The number of carboxylic acids is 1. The molecule has 0 saturated carbocycles. The Kier molecular flexibility index (Phi) is 4.80. The fourth-order valence-electron chi connectivity index (χ4n) is 1.74. The maximum Gasteiger partial charge on any atom is 0.335 e. The Morgan fingerprint density at radius 2 is 1.63 bits per heavy atom. The lowest BCUT2D eigenvalue weighted by atomic mass is 10.0. The van der Waals surface area contributed by atoms with Crippen LogP contribution in [0.2, 0.25) is 0 Å². The van der Waals surface area contributed by atoms with Crippen molar-refractivity contribution < 1.29 is 19.5 Å². The SMILES string of the molecule is CCCN(C)C(=O)c1cc(C(C)=O)cc(C(=O)O)c1. The Balaban J connectivity index is 3.23. The summed E-state index contributed by atoms with van der Waals surface area (Å²) in [6.45, 7) is 3.86. The predicted molar refractivity (Wildman–Crippen MR) is 70.7 cm³/mol. The van der Waals surface area contributed by atoms with Crippen molar-refractivity contribution in [3.63, 3.8) is 0 Å². The van der Waals surface area contributed by atoms with E-state index in [0.717, 1.165) is 6.42 Å². The third-order valence-electron chi connectivity index (χ3n) is 2.74. The van der Waals surface area contributed by atoms with E-state index in [0.29, 0.717) is 6.54 Å². The molecule has 1 rings (SSSR count). The van der Waals surface area contributed by atoms with Gasteiger partial charge in [0.2, 0.25) is 0 Å². The number of amides is 1. The molecule has 0 spiro atoms. The van der Waals surface area contributed by atoms with Crippen LogP contribution in [0.15, 0.2) is 18.2 Å². The molecule has 0 saturated heterocycles. The summed E-state index contributed by atoms with van der Waals surface area (Å²) in [5.41, 5.74) is 0.398. The van der Waals surface area contributed by atoms with Crippen molar-refractivity contribution >= 4 is 17.7 Å². The summed E-state index contributed by atoms with van der Waals surface area (Å²) in [5.74, 6) is -1.71. The van der Waals surface area contributed by atoms with Crippen LogP contribution in [0.3, 0.4) is 0 Å². The number of rotatable bonds is 5. The maximum atomic E-state index is 12.1. The van der Waals surface area contributed by atoms with Gasteiger partial charge in [0.05, 0.1) is 5.56 Å². The predicted octanol–water partition coefficient (Wildman–Crippen LogP) is 2.07. The van der Waals surface area contributed by atoms with Crippen molar-refractivity contribution in [3.05, 3.63) is 34.9 Å². The smallest absolute Gasteiger partial charge is 0.335 e. The van der Waals surface area contributed by atoms with Crippen LogP contribution in [0.1, 0.15) is 51.3 Å². The average molecular weight is 263 g/mol. The number of hydrogen-bond acceptors (Lipinski definition) is 3. The van der Waals surface area contributed by atoms with Gasteiger partial charge in [-0.05, 0) is 31.5 Å². The Hall–Kier alpha value is -2.17. The number of carboxylic acid groups (broad SMARTS) is 1. The van der Waals surface area contributed by atoms with Crippen LogP contribution in [0.25, 0.3) is 0 Å². The maximum absolute atomic E-state index is 12.1. The zero-order valence-electron chi connectivity index (χ0n) is 11.3. The minimum absolute atomic E-state index is 0.0547. The topological polar surface area (TPSA) is 74.7 Å². The van der Waals surface area contributed by atoms with Crippen molar-refractivity contribution in [3.8, 4) is 0 Å². The highest BCUT2D eigenvalue weighted by Gasteiger charge is 2.16. The molecule has 0 aliphatic heterocycles. The normalized spacial score (nSPS) is 10.1. The number of Topliss-reactive ketones (excluding diaryl/α,β-unsaturated/α-hetero) is 1. The summed E-state index contributed by atoms with van der Waals surface area (Å²) in [7, 11) is 1.65. The van der Waals surface area contributed by atoms with Gasteiger partial charge in [-0.15, -0.1) is 0 Å². The quantitative estimate of drug-likeness (QED) is 0.825. The summed E-state index contributed by atoms with van der Waals surface area (Å²) >= 11 is 0. The van der Waals surface area contributed by atoms with Crippen molar-refractivity contribution in [1.29, 1.82) is 0 Å².